The fraction of sp³-hybridized carbons (Fsp3) is 0.478. The van der Waals surface area contributed by atoms with Gasteiger partial charge in [0.15, 0.2) is 0 Å². The van der Waals surface area contributed by atoms with Crippen molar-refractivity contribution >= 4 is 12.0 Å². The molecule has 0 saturated carbocycles. The fourth-order valence-corrected chi connectivity index (χ4v) is 3.99. The second-order valence-corrected chi connectivity index (χ2v) is 7.71. The van der Waals surface area contributed by atoms with E-state index in [1.54, 1.807) is 0 Å². The first-order valence-electron chi connectivity index (χ1n) is 10.1. The third-order valence-corrected chi connectivity index (χ3v) is 5.71. The van der Waals surface area contributed by atoms with Crippen LogP contribution in [0.2, 0.25) is 0 Å². The average molecular weight is 382 g/mol. The molecule has 1 aromatic carbocycles. The van der Waals surface area contributed by atoms with Crippen LogP contribution < -0.4 is 0 Å². The minimum Gasteiger partial charge on any atom is -0.466 e. The van der Waals surface area contributed by atoms with Gasteiger partial charge in [0.05, 0.1) is 18.2 Å². The lowest BCUT2D eigenvalue weighted by Crippen LogP contribution is -2.48. The van der Waals surface area contributed by atoms with Crippen LogP contribution in [-0.4, -0.2) is 40.3 Å². The summed E-state index contributed by atoms with van der Waals surface area (Å²) in [7, 11) is 1.96. The van der Waals surface area contributed by atoms with E-state index < -0.39 is 5.41 Å². The number of allylic oxidation sites excluding steroid dienone is 1. The summed E-state index contributed by atoms with van der Waals surface area (Å²) in [6, 6.07) is 10.2. The molecule has 1 atom stereocenters. The number of hydrogen-bond donors (Lipinski definition) is 0. The van der Waals surface area contributed by atoms with Crippen molar-refractivity contribution in [3.05, 3.63) is 59.4 Å². The highest BCUT2D eigenvalue weighted by Crippen LogP contribution is 2.36. The quantitative estimate of drug-likeness (QED) is 0.681. The van der Waals surface area contributed by atoms with Gasteiger partial charge in [-0.15, -0.1) is 0 Å². The first-order chi connectivity index (χ1) is 13.5. The Morgan fingerprint density at radius 3 is 2.79 bits per heavy atom. The number of ether oxygens (including phenoxy) is 1. The molecular weight excluding hydrogens is 350 g/mol. The van der Waals surface area contributed by atoms with Crippen molar-refractivity contribution in [2.45, 2.75) is 39.7 Å². The van der Waals surface area contributed by atoms with E-state index in [9.17, 15) is 4.79 Å². The molecule has 1 aromatic heterocycles. The number of likely N-dealkylation sites (tertiary alicyclic amines) is 1. The Balaban J connectivity index is 1.75. The molecule has 0 bridgehead atoms. The molecule has 0 amide bonds. The van der Waals surface area contributed by atoms with Crippen molar-refractivity contribution in [1.82, 2.24) is 14.7 Å². The maximum atomic E-state index is 12.9. The molecule has 2 aromatic rings. The zero-order valence-corrected chi connectivity index (χ0v) is 17.2. The van der Waals surface area contributed by atoms with Crippen LogP contribution in [-0.2, 0) is 23.1 Å². The summed E-state index contributed by atoms with van der Waals surface area (Å²) in [6.07, 6.45) is 8.73. The van der Waals surface area contributed by atoms with Crippen molar-refractivity contribution in [2.24, 2.45) is 12.5 Å². The largest absolute Gasteiger partial charge is 0.466 e. The molecule has 2 heterocycles. The molecule has 1 saturated heterocycles. The topological polar surface area (TPSA) is 47.4 Å². The third-order valence-electron chi connectivity index (χ3n) is 5.71. The molecule has 1 aliphatic rings. The van der Waals surface area contributed by atoms with Crippen LogP contribution in [0, 0.1) is 12.3 Å². The number of aromatic nitrogens is 2. The molecule has 3 rings (SSSR count). The van der Waals surface area contributed by atoms with E-state index >= 15 is 0 Å². The van der Waals surface area contributed by atoms with E-state index in [2.05, 4.69) is 41.2 Å². The average Bonchev–Trinajstić information content (AvgIpc) is 3.01. The Hall–Kier alpha value is -2.40. The minimum absolute atomic E-state index is 0.0691. The predicted molar refractivity (Wildman–Crippen MR) is 112 cm³/mol. The summed E-state index contributed by atoms with van der Waals surface area (Å²) < 4.78 is 7.40. The monoisotopic (exact) mass is 381 g/mol. The Morgan fingerprint density at radius 2 is 2.11 bits per heavy atom. The Kier molecular flexibility index (Phi) is 6.68. The van der Waals surface area contributed by atoms with Gasteiger partial charge in [0.1, 0.15) is 0 Å². The second-order valence-electron chi connectivity index (χ2n) is 7.71. The SMILES string of the molecule is CCOC(=O)[C@]1(C/C=C/c2ccccc2)CCCN(Cc2cnn(C)c2C)C1. The highest BCUT2D eigenvalue weighted by molar-refractivity contribution is 5.77. The van der Waals surface area contributed by atoms with E-state index in [4.69, 9.17) is 4.74 Å². The first-order valence-corrected chi connectivity index (χ1v) is 10.1. The molecule has 0 unspecified atom stereocenters. The van der Waals surface area contributed by atoms with E-state index in [-0.39, 0.29) is 5.97 Å². The third kappa shape index (κ3) is 4.71. The number of carbonyl (C=O) groups is 1. The molecule has 5 heteroatoms. The normalized spacial score (nSPS) is 20.5. The summed E-state index contributed by atoms with van der Waals surface area (Å²) in [6.45, 7) is 6.93. The van der Waals surface area contributed by atoms with Crippen LogP contribution in [0.3, 0.4) is 0 Å². The summed E-state index contributed by atoms with van der Waals surface area (Å²) >= 11 is 0. The predicted octanol–water partition coefficient (Wildman–Crippen LogP) is 3.98. The molecule has 5 nitrogen and oxygen atoms in total. The van der Waals surface area contributed by atoms with Crippen molar-refractivity contribution in [3.63, 3.8) is 0 Å². The summed E-state index contributed by atoms with van der Waals surface area (Å²) in [5.74, 6) is -0.0691. The van der Waals surface area contributed by atoms with Crippen molar-refractivity contribution in [3.8, 4) is 0 Å². The van der Waals surface area contributed by atoms with Gasteiger partial charge in [0, 0.05) is 31.4 Å². The van der Waals surface area contributed by atoms with E-state index in [1.807, 2.05) is 43.0 Å². The molecular formula is C23H31N3O2. The van der Waals surface area contributed by atoms with Gasteiger partial charge in [-0.25, -0.2) is 0 Å². The molecule has 0 spiro atoms. The van der Waals surface area contributed by atoms with Gasteiger partial charge in [-0.05, 0) is 45.2 Å². The number of aryl methyl sites for hydroxylation is 1. The highest BCUT2D eigenvalue weighted by atomic mass is 16.5. The number of rotatable bonds is 7. The zero-order valence-electron chi connectivity index (χ0n) is 17.2. The zero-order chi connectivity index (χ0) is 20.0. The molecule has 0 aliphatic carbocycles. The maximum absolute atomic E-state index is 12.9. The van der Waals surface area contributed by atoms with Gasteiger partial charge in [-0.3, -0.25) is 14.4 Å². The van der Waals surface area contributed by atoms with Crippen LogP contribution in [0.1, 0.15) is 43.0 Å². The van der Waals surface area contributed by atoms with Gasteiger partial charge in [0.25, 0.3) is 0 Å². The summed E-state index contributed by atoms with van der Waals surface area (Å²) in [5, 5.41) is 4.35. The molecule has 150 valence electrons. The standard InChI is InChI=1S/C23H31N3O2/c1-4-28-22(27)23(13-8-12-20-10-6-5-7-11-20)14-9-15-26(18-23)17-21-16-24-25(3)19(21)2/h5-8,10-12,16H,4,9,13-15,17-18H2,1-3H3/b12-8+/t23-/m1/s1. The van der Waals surface area contributed by atoms with Gasteiger partial charge in [-0.2, -0.15) is 5.10 Å². The number of esters is 1. The van der Waals surface area contributed by atoms with Gasteiger partial charge >= 0.3 is 5.97 Å². The number of carbonyl (C=O) groups excluding carboxylic acids is 1. The lowest BCUT2D eigenvalue weighted by Gasteiger charge is -2.40. The molecule has 1 fully saturated rings. The molecule has 0 N–H and O–H groups in total. The smallest absolute Gasteiger partial charge is 0.313 e. The van der Waals surface area contributed by atoms with Crippen LogP contribution >= 0.6 is 0 Å². The number of nitrogens with zero attached hydrogens (tertiary/aromatic N) is 3. The Labute approximate surface area is 168 Å². The van der Waals surface area contributed by atoms with Crippen LogP contribution in [0.4, 0.5) is 0 Å². The fourth-order valence-electron chi connectivity index (χ4n) is 3.99. The van der Waals surface area contributed by atoms with Gasteiger partial charge in [0.2, 0.25) is 0 Å². The maximum Gasteiger partial charge on any atom is 0.313 e. The molecule has 0 radical (unpaired) electrons. The van der Waals surface area contributed by atoms with Gasteiger partial charge < -0.3 is 4.74 Å². The van der Waals surface area contributed by atoms with E-state index in [0.29, 0.717) is 13.0 Å². The number of piperidine rings is 1. The summed E-state index contributed by atoms with van der Waals surface area (Å²) in [4.78, 5) is 15.3. The number of hydrogen-bond acceptors (Lipinski definition) is 4. The van der Waals surface area contributed by atoms with Crippen LogP contribution in [0.25, 0.3) is 6.08 Å². The van der Waals surface area contributed by atoms with Crippen LogP contribution in [0.15, 0.2) is 42.6 Å². The molecule has 28 heavy (non-hydrogen) atoms. The Morgan fingerprint density at radius 1 is 1.32 bits per heavy atom. The van der Waals surface area contributed by atoms with E-state index in [1.165, 1.54) is 11.3 Å². The van der Waals surface area contributed by atoms with E-state index in [0.717, 1.165) is 38.0 Å². The minimum atomic E-state index is -0.477. The first kappa shape index (κ1) is 20.3. The number of benzene rings is 1. The summed E-state index contributed by atoms with van der Waals surface area (Å²) in [5.41, 5.74) is 3.08. The van der Waals surface area contributed by atoms with Crippen LogP contribution in [0.5, 0.6) is 0 Å². The Bertz CT molecular complexity index is 813. The highest BCUT2D eigenvalue weighted by Gasteiger charge is 2.42. The van der Waals surface area contributed by atoms with Crippen molar-refractivity contribution < 1.29 is 9.53 Å². The van der Waals surface area contributed by atoms with Gasteiger partial charge in [-0.1, -0.05) is 42.5 Å². The lowest BCUT2D eigenvalue weighted by atomic mass is 9.76. The van der Waals surface area contributed by atoms with Crippen molar-refractivity contribution in [1.29, 1.82) is 0 Å². The second kappa shape index (κ2) is 9.20. The lowest BCUT2D eigenvalue weighted by molar-refractivity contribution is -0.159. The molecule has 1 aliphatic heterocycles. The van der Waals surface area contributed by atoms with Crippen molar-refractivity contribution in [2.75, 3.05) is 19.7 Å².